The summed E-state index contributed by atoms with van der Waals surface area (Å²) in [5, 5.41) is 3.29. The van der Waals surface area contributed by atoms with E-state index in [-0.39, 0.29) is 18.3 Å². The van der Waals surface area contributed by atoms with Crippen LogP contribution in [0.1, 0.15) is 0 Å². The number of halogens is 2. The maximum absolute atomic E-state index is 13.4. The van der Waals surface area contributed by atoms with Crippen molar-refractivity contribution in [3.63, 3.8) is 0 Å². The third-order valence-electron chi connectivity index (χ3n) is 2.95. The molecule has 3 nitrogen and oxygen atoms in total. The Bertz CT molecular complexity index is 660. The van der Waals surface area contributed by atoms with Gasteiger partial charge in [-0.2, -0.15) is 0 Å². The van der Waals surface area contributed by atoms with E-state index >= 15 is 0 Å². The molecule has 1 amide bonds. The number of benzene rings is 2. The van der Waals surface area contributed by atoms with Crippen LogP contribution in [0.15, 0.2) is 42.5 Å². The Morgan fingerprint density at radius 2 is 2.05 bits per heavy atom. The van der Waals surface area contributed by atoms with E-state index in [0.717, 1.165) is 5.69 Å². The Morgan fingerprint density at radius 1 is 1.21 bits per heavy atom. The summed E-state index contributed by atoms with van der Waals surface area (Å²) in [6.07, 6.45) is 0. The van der Waals surface area contributed by atoms with Gasteiger partial charge in [-0.3, -0.25) is 4.79 Å². The van der Waals surface area contributed by atoms with Crippen LogP contribution in [0.3, 0.4) is 0 Å². The summed E-state index contributed by atoms with van der Waals surface area (Å²) >= 11 is 5.96. The molecule has 2 aromatic carbocycles. The van der Waals surface area contributed by atoms with Crippen molar-refractivity contribution in [2.45, 2.75) is 0 Å². The number of carbonyl (C=O) groups is 1. The molecule has 1 aliphatic heterocycles. The summed E-state index contributed by atoms with van der Waals surface area (Å²) in [6, 6.07) is 11.4. The first-order valence-corrected chi connectivity index (χ1v) is 6.14. The summed E-state index contributed by atoms with van der Waals surface area (Å²) < 4.78 is 13.4. The molecule has 0 fully saturated rings. The second-order valence-corrected chi connectivity index (χ2v) is 4.71. The third kappa shape index (κ3) is 2.27. The van der Waals surface area contributed by atoms with Gasteiger partial charge in [-0.25, -0.2) is 4.39 Å². The highest BCUT2D eigenvalue weighted by Crippen LogP contribution is 2.36. The summed E-state index contributed by atoms with van der Waals surface area (Å²) in [7, 11) is 0. The molecular weight excluding hydrogens is 267 g/mol. The summed E-state index contributed by atoms with van der Waals surface area (Å²) in [5.74, 6) is -0.485. The fourth-order valence-electron chi connectivity index (χ4n) is 2.13. The SMILES string of the molecule is O=C1CN(c2cccc(Cl)c2)c2cc(F)ccc2N1. The predicted molar refractivity (Wildman–Crippen MR) is 73.5 cm³/mol. The average Bonchev–Trinajstić information content (AvgIpc) is 2.38. The number of rotatable bonds is 1. The molecule has 0 spiro atoms. The van der Waals surface area contributed by atoms with Gasteiger partial charge in [0.05, 0.1) is 11.4 Å². The van der Waals surface area contributed by atoms with Crippen LogP contribution in [-0.2, 0) is 4.79 Å². The Morgan fingerprint density at radius 3 is 2.84 bits per heavy atom. The Labute approximate surface area is 114 Å². The lowest BCUT2D eigenvalue weighted by Crippen LogP contribution is -2.35. The van der Waals surface area contributed by atoms with Crippen molar-refractivity contribution in [2.24, 2.45) is 0 Å². The number of fused-ring (bicyclic) bond motifs is 1. The van der Waals surface area contributed by atoms with Crippen molar-refractivity contribution in [2.75, 3.05) is 16.8 Å². The third-order valence-corrected chi connectivity index (χ3v) is 3.18. The van der Waals surface area contributed by atoms with E-state index in [1.165, 1.54) is 12.1 Å². The molecule has 0 saturated heterocycles. The molecular formula is C14H10ClFN2O. The quantitative estimate of drug-likeness (QED) is 0.864. The topological polar surface area (TPSA) is 32.3 Å². The number of anilines is 3. The molecule has 0 radical (unpaired) electrons. The fraction of sp³-hybridized carbons (Fsp3) is 0.0714. The van der Waals surface area contributed by atoms with Gasteiger partial charge in [-0.15, -0.1) is 0 Å². The minimum atomic E-state index is -0.345. The molecule has 0 aliphatic carbocycles. The number of nitrogens with zero attached hydrogens (tertiary/aromatic N) is 1. The van der Waals surface area contributed by atoms with Crippen molar-refractivity contribution in [1.29, 1.82) is 0 Å². The number of hydrogen-bond acceptors (Lipinski definition) is 2. The molecule has 96 valence electrons. The van der Waals surface area contributed by atoms with Crippen LogP contribution in [0.2, 0.25) is 5.02 Å². The zero-order chi connectivity index (χ0) is 13.4. The van der Waals surface area contributed by atoms with Crippen molar-refractivity contribution < 1.29 is 9.18 Å². The predicted octanol–water partition coefficient (Wildman–Crippen LogP) is 3.57. The number of hydrogen-bond donors (Lipinski definition) is 1. The zero-order valence-corrected chi connectivity index (χ0v) is 10.6. The van der Waals surface area contributed by atoms with Crippen molar-refractivity contribution in [1.82, 2.24) is 0 Å². The second-order valence-electron chi connectivity index (χ2n) is 4.28. The second kappa shape index (κ2) is 4.55. The van der Waals surface area contributed by atoms with Crippen LogP contribution in [0.25, 0.3) is 0 Å². The van der Waals surface area contributed by atoms with Crippen LogP contribution >= 0.6 is 11.6 Å². The van der Waals surface area contributed by atoms with Gasteiger partial charge in [-0.05, 0) is 36.4 Å². The molecule has 0 aromatic heterocycles. The number of nitrogens with one attached hydrogen (secondary N) is 1. The maximum Gasteiger partial charge on any atom is 0.244 e. The van der Waals surface area contributed by atoms with E-state index in [1.54, 1.807) is 29.2 Å². The first-order chi connectivity index (χ1) is 9.13. The monoisotopic (exact) mass is 276 g/mol. The minimum Gasteiger partial charge on any atom is -0.330 e. The first-order valence-electron chi connectivity index (χ1n) is 5.76. The summed E-state index contributed by atoms with van der Waals surface area (Å²) in [6.45, 7) is 0.136. The van der Waals surface area contributed by atoms with Gasteiger partial charge < -0.3 is 10.2 Å². The molecule has 1 heterocycles. The molecule has 1 aliphatic rings. The lowest BCUT2D eigenvalue weighted by Gasteiger charge is -2.31. The van der Waals surface area contributed by atoms with Crippen molar-refractivity contribution >= 4 is 34.6 Å². The molecule has 2 aromatic rings. The Hall–Kier alpha value is -2.07. The molecule has 0 bridgehead atoms. The Kier molecular flexibility index (Phi) is 2.87. The van der Waals surface area contributed by atoms with E-state index in [2.05, 4.69) is 5.32 Å². The first kappa shape index (κ1) is 12.0. The number of amides is 1. The molecule has 0 atom stereocenters. The molecule has 0 saturated carbocycles. The average molecular weight is 277 g/mol. The minimum absolute atomic E-state index is 0.136. The van der Waals surface area contributed by atoms with Crippen LogP contribution < -0.4 is 10.2 Å². The molecule has 5 heteroatoms. The highest BCUT2D eigenvalue weighted by Gasteiger charge is 2.23. The van der Waals surface area contributed by atoms with E-state index in [0.29, 0.717) is 16.4 Å². The van der Waals surface area contributed by atoms with Gasteiger partial charge in [0.2, 0.25) is 5.91 Å². The summed E-state index contributed by atoms with van der Waals surface area (Å²) in [4.78, 5) is 13.4. The van der Waals surface area contributed by atoms with Crippen LogP contribution in [0.4, 0.5) is 21.5 Å². The van der Waals surface area contributed by atoms with Crippen molar-refractivity contribution in [3.8, 4) is 0 Å². The van der Waals surface area contributed by atoms with E-state index < -0.39 is 0 Å². The maximum atomic E-state index is 13.4. The molecule has 0 unspecified atom stereocenters. The van der Waals surface area contributed by atoms with Gasteiger partial charge in [0.25, 0.3) is 0 Å². The van der Waals surface area contributed by atoms with Gasteiger partial charge >= 0.3 is 0 Å². The Balaban J connectivity index is 2.12. The number of carbonyl (C=O) groups excluding carboxylic acids is 1. The fourth-order valence-corrected chi connectivity index (χ4v) is 2.31. The highest BCUT2D eigenvalue weighted by molar-refractivity contribution is 6.30. The van der Waals surface area contributed by atoms with Crippen LogP contribution in [0.5, 0.6) is 0 Å². The van der Waals surface area contributed by atoms with Gasteiger partial charge in [0.15, 0.2) is 0 Å². The smallest absolute Gasteiger partial charge is 0.244 e. The van der Waals surface area contributed by atoms with Gasteiger partial charge in [-0.1, -0.05) is 17.7 Å². The molecule has 19 heavy (non-hydrogen) atoms. The standard InChI is InChI=1S/C14H10ClFN2O/c15-9-2-1-3-11(6-9)18-8-14(19)17-12-5-4-10(16)7-13(12)18/h1-7H,8H2,(H,17,19). The van der Waals surface area contributed by atoms with Crippen molar-refractivity contribution in [3.05, 3.63) is 53.3 Å². The van der Waals surface area contributed by atoms with E-state index in [9.17, 15) is 9.18 Å². The lowest BCUT2D eigenvalue weighted by atomic mass is 10.1. The van der Waals surface area contributed by atoms with E-state index in [4.69, 9.17) is 11.6 Å². The lowest BCUT2D eigenvalue weighted by molar-refractivity contribution is -0.115. The summed E-state index contributed by atoms with van der Waals surface area (Å²) in [5.41, 5.74) is 1.98. The largest absolute Gasteiger partial charge is 0.330 e. The molecule has 1 N–H and O–H groups in total. The zero-order valence-electron chi connectivity index (χ0n) is 9.86. The van der Waals surface area contributed by atoms with Gasteiger partial charge in [0, 0.05) is 10.7 Å². The molecule has 3 rings (SSSR count). The highest BCUT2D eigenvalue weighted by atomic mass is 35.5. The van der Waals surface area contributed by atoms with E-state index in [1.807, 2.05) is 6.07 Å². The normalized spacial score (nSPS) is 14.0. The van der Waals surface area contributed by atoms with Gasteiger partial charge in [0.1, 0.15) is 12.4 Å². The van der Waals surface area contributed by atoms with Crippen LogP contribution in [-0.4, -0.2) is 12.5 Å². The van der Waals surface area contributed by atoms with Crippen LogP contribution in [0, 0.1) is 5.82 Å².